The molecule has 16 heavy (non-hydrogen) atoms. The molecule has 0 bridgehead atoms. The Bertz CT molecular complexity index is 330. The van der Waals surface area contributed by atoms with Gasteiger partial charge in [0, 0.05) is 13.0 Å². The van der Waals surface area contributed by atoms with Crippen molar-refractivity contribution in [2.75, 3.05) is 6.54 Å². The molecule has 0 unspecified atom stereocenters. The molecule has 0 aromatic heterocycles. The fourth-order valence-corrected chi connectivity index (χ4v) is 1.45. The number of hydrogen-bond acceptors (Lipinski definition) is 2. The van der Waals surface area contributed by atoms with Crippen LogP contribution in [-0.4, -0.2) is 17.6 Å². The van der Waals surface area contributed by atoms with Gasteiger partial charge in [0.05, 0.1) is 0 Å². The Balaban J connectivity index is 2.25. The maximum absolute atomic E-state index is 11.3. The Kier molecular flexibility index (Phi) is 4.83. The highest BCUT2D eigenvalue weighted by atomic mass is 16.3. The highest BCUT2D eigenvalue weighted by Crippen LogP contribution is 2.09. The molecule has 0 aliphatic carbocycles. The lowest BCUT2D eigenvalue weighted by molar-refractivity contribution is -0.121. The Morgan fingerprint density at radius 1 is 1.31 bits per heavy atom. The van der Waals surface area contributed by atoms with E-state index in [4.69, 9.17) is 5.11 Å². The first-order valence-electron chi connectivity index (χ1n) is 5.62. The molecular formula is C13H19NO2. The SMILES string of the molecule is CC(C)CC(=O)NCCc1ccc(O)cc1. The van der Waals surface area contributed by atoms with Crippen LogP contribution >= 0.6 is 0 Å². The first-order chi connectivity index (χ1) is 7.58. The number of rotatable bonds is 5. The van der Waals surface area contributed by atoms with Gasteiger partial charge >= 0.3 is 0 Å². The number of carbonyl (C=O) groups is 1. The summed E-state index contributed by atoms with van der Waals surface area (Å²) in [5, 5.41) is 12.0. The predicted octanol–water partition coefficient (Wildman–Crippen LogP) is 2.10. The molecule has 0 fully saturated rings. The Hall–Kier alpha value is -1.51. The summed E-state index contributed by atoms with van der Waals surface area (Å²) in [5.41, 5.74) is 1.11. The highest BCUT2D eigenvalue weighted by Gasteiger charge is 2.03. The summed E-state index contributed by atoms with van der Waals surface area (Å²) in [6.45, 7) is 4.70. The second-order valence-corrected chi connectivity index (χ2v) is 4.36. The van der Waals surface area contributed by atoms with Gasteiger partial charge in [0.2, 0.25) is 5.91 Å². The monoisotopic (exact) mass is 221 g/mol. The zero-order chi connectivity index (χ0) is 12.0. The molecule has 0 aliphatic heterocycles. The Morgan fingerprint density at radius 3 is 2.50 bits per heavy atom. The summed E-state index contributed by atoms with van der Waals surface area (Å²) in [6.07, 6.45) is 1.37. The van der Waals surface area contributed by atoms with Crippen molar-refractivity contribution in [2.45, 2.75) is 26.7 Å². The minimum absolute atomic E-state index is 0.105. The molecule has 0 atom stereocenters. The standard InChI is InChI=1S/C13H19NO2/c1-10(2)9-13(16)14-8-7-11-3-5-12(15)6-4-11/h3-6,10,15H,7-9H2,1-2H3,(H,14,16). The lowest BCUT2D eigenvalue weighted by atomic mass is 10.1. The van der Waals surface area contributed by atoms with Crippen LogP contribution in [0.3, 0.4) is 0 Å². The molecule has 1 rings (SSSR count). The number of carbonyl (C=O) groups excluding carboxylic acids is 1. The average molecular weight is 221 g/mol. The third-order valence-electron chi connectivity index (χ3n) is 2.27. The van der Waals surface area contributed by atoms with Crippen LogP contribution in [0.5, 0.6) is 5.75 Å². The van der Waals surface area contributed by atoms with Gasteiger partial charge < -0.3 is 10.4 Å². The predicted molar refractivity (Wildman–Crippen MR) is 64.3 cm³/mol. The Labute approximate surface area is 96.5 Å². The normalized spacial score (nSPS) is 10.4. The molecule has 0 spiro atoms. The van der Waals surface area contributed by atoms with Crippen LogP contribution in [0.25, 0.3) is 0 Å². The molecule has 88 valence electrons. The molecule has 1 amide bonds. The van der Waals surface area contributed by atoms with E-state index in [1.165, 1.54) is 0 Å². The van der Waals surface area contributed by atoms with E-state index in [0.29, 0.717) is 18.9 Å². The molecule has 0 heterocycles. The number of benzene rings is 1. The minimum Gasteiger partial charge on any atom is -0.508 e. The minimum atomic E-state index is 0.105. The van der Waals surface area contributed by atoms with E-state index >= 15 is 0 Å². The number of nitrogens with one attached hydrogen (secondary N) is 1. The van der Waals surface area contributed by atoms with Crippen LogP contribution in [-0.2, 0) is 11.2 Å². The molecule has 0 saturated heterocycles. The average Bonchev–Trinajstić information content (AvgIpc) is 2.20. The Morgan fingerprint density at radius 2 is 1.94 bits per heavy atom. The summed E-state index contributed by atoms with van der Waals surface area (Å²) < 4.78 is 0. The maximum atomic E-state index is 11.3. The van der Waals surface area contributed by atoms with Crippen LogP contribution in [0.2, 0.25) is 0 Å². The zero-order valence-corrected chi connectivity index (χ0v) is 9.86. The molecule has 0 saturated carbocycles. The van der Waals surface area contributed by atoms with Gasteiger partial charge in [0.15, 0.2) is 0 Å². The summed E-state index contributed by atoms with van der Waals surface area (Å²) in [7, 11) is 0. The van der Waals surface area contributed by atoms with E-state index in [0.717, 1.165) is 12.0 Å². The van der Waals surface area contributed by atoms with Crippen LogP contribution in [0.1, 0.15) is 25.8 Å². The van der Waals surface area contributed by atoms with Crippen LogP contribution < -0.4 is 5.32 Å². The van der Waals surface area contributed by atoms with E-state index < -0.39 is 0 Å². The van der Waals surface area contributed by atoms with E-state index in [1.54, 1.807) is 12.1 Å². The van der Waals surface area contributed by atoms with Crippen molar-refractivity contribution in [1.82, 2.24) is 5.32 Å². The molecule has 1 aromatic rings. The van der Waals surface area contributed by atoms with Gasteiger partial charge in [0.25, 0.3) is 0 Å². The molecule has 0 radical (unpaired) electrons. The second kappa shape index (κ2) is 6.16. The second-order valence-electron chi connectivity index (χ2n) is 4.36. The third kappa shape index (κ3) is 4.82. The van der Waals surface area contributed by atoms with Crippen LogP contribution in [0.4, 0.5) is 0 Å². The third-order valence-corrected chi connectivity index (χ3v) is 2.27. The van der Waals surface area contributed by atoms with Crippen LogP contribution in [0, 0.1) is 5.92 Å². The lowest BCUT2D eigenvalue weighted by Gasteiger charge is -2.07. The van der Waals surface area contributed by atoms with E-state index in [9.17, 15) is 4.79 Å². The van der Waals surface area contributed by atoms with Crippen molar-refractivity contribution in [3.8, 4) is 5.75 Å². The molecule has 2 N–H and O–H groups in total. The zero-order valence-electron chi connectivity index (χ0n) is 9.86. The summed E-state index contributed by atoms with van der Waals surface area (Å²) in [4.78, 5) is 11.3. The van der Waals surface area contributed by atoms with E-state index in [1.807, 2.05) is 26.0 Å². The van der Waals surface area contributed by atoms with Crippen molar-refractivity contribution in [2.24, 2.45) is 5.92 Å². The van der Waals surface area contributed by atoms with Crippen molar-refractivity contribution < 1.29 is 9.90 Å². The van der Waals surface area contributed by atoms with Crippen molar-refractivity contribution >= 4 is 5.91 Å². The lowest BCUT2D eigenvalue weighted by Crippen LogP contribution is -2.26. The summed E-state index contributed by atoms with van der Waals surface area (Å²) in [5.74, 6) is 0.773. The molecule has 1 aromatic carbocycles. The molecule has 3 heteroatoms. The maximum Gasteiger partial charge on any atom is 0.220 e. The number of phenols is 1. The number of aromatic hydroxyl groups is 1. The quantitative estimate of drug-likeness (QED) is 0.800. The summed E-state index contributed by atoms with van der Waals surface area (Å²) in [6, 6.07) is 7.05. The first kappa shape index (κ1) is 12.6. The summed E-state index contributed by atoms with van der Waals surface area (Å²) >= 11 is 0. The largest absolute Gasteiger partial charge is 0.508 e. The van der Waals surface area contributed by atoms with Gasteiger partial charge in [-0.05, 0) is 30.0 Å². The number of phenolic OH excluding ortho intramolecular Hbond substituents is 1. The van der Waals surface area contributed by atoms with Crippen LogP contribution in [0.15, 0.2) is 24.3 Å². The van der Waals surface area contributed by atoms with E-state index in [-0.39, 0.29) is 11.7 Å². The fraction of sp³-hybridized carbons (Fsp3) is 0.462. The van der Waals surface area contributed by atoms with Crippen molar-refractivity contribution in [3.05, 3.63) is 29.8 Å². The van der Waals surface area contributed by atoms with E-state index in [2.05, 4.69) is 5.32 Å². The van der Waals surface area contributed by atoms with Gasteiger partial charge in [-0.3, -0.25) is 4.79 Å². The van der Waals surface area contributed by atoms with Crippen molar-refractivity contribution in [1.29, 1.82) is 0 Å². The first-order valence-corrected chi connectivity index (χ1v) is 5.62. The topological polar surface area (TPSA) is 49.3 Å². The smallest absolute Gasteiger partial charge is 0.220 e. The molecular weight excluding hydrogens is 202 g/mol. The highest BCUT2D eigenvalue weighted by molar-refractivity contribution is 5.76. The molecule has 3 nitrogen and oxygen atoms in total. The van der Waals surface area contributed by atoms with Gasteiger partial charge in [0.1, 0.15) is 5.75 Å². The number of hydrogen-bond donors (Lipinski definition) is 2. The van der Waals surface area contributed by atoms with Gasteiger partial charge in [-0.2, -0.15) is 0 Å². The van der Waals surface area contributed by atoms with Gasteiger partial charge in [-0.1, -0.05) is 26.0 Å². The van der Waals surface area contributed by atoms with Gasteiger partial charge in [-0.15, -0.1) is 0 Å². The van der Waals surface area contributed by atoms with Crippen molar-refractivity contribution in [3.63, 3.8) is 0 Å². The fourth-order valence-electron chi connectivity index (χ4n) is 1.45. The molecule has 0 aliphatic rings. The van der Waals surface area contributed by atoms with Gasteiger partial charge in [-0.25, -0.2) is 0 Å². The number of amides is 1.